The van der Waals surface area contributed by atoms with Crippen LogP contribution in [0.4, 0.5) is 0 Å². The first-order valence-electron chi connectivity index (χ1n) is 8.10. The van der Waals surface area contributed by atoms with Gasteiger partial charge < -0.3 is 14.7 Å². The number of likely N-dealkylation sites (tertiary alicyclic amines) is 1. The molecule has 1 aromatic rings. The van der Waals surface area contributed by atoms with E-state index < -0.39 is 11.5 Å². The number of hydrogen-bond donors (Lipinski definition) is 1. The third-order valence-corrected chi connectivity index (χ3v) is 4.90. The van der Waals surface area contributed by atoms with Gasteiger partial charge in [-0.25, -0.2) is 4.79 Å². The molecule has 0 aromatic heterocycles. The van der Waals surface area contributed by atoms with Gasteiger partial charge >= 0.3 is 5.97 Å². The number of carboxylic acids is 1. The van der Waals surface area contributed by atoms with Crippen molar-refractivity contribution in [2.45, 2.75) is 51.0 Å². The van der Waals surface area contributed by atoms with Crippen LogP contribution in [0.5, 0.6) is 5.75 Å². The van der Waals surface area contributed by atoms with E-state index >= 15 is 0 Å². The molecule has 0 radical (unpaired) electrons. The molecule has 0 saturated carbocycles. The van der Waals surface area contributed by atoms with Crippen LogP contribution in [0.15, 0.2) is 24.3 Å². The molecule has 126 valence electrons. The van der Waals surface area contributed by atoms with Gasteiger partial charge in [-0.05, 0) is 49.8 Å². The second-order valence-electron chi connectivity index (χ2n) is 6.31. The van der Waals surface area contributed by atoms with Crippen LogP contribution in [-0.2, 0) is 9.59 Å². The molecule has 23 heavy (non-hydrogen) atoms. The van der Waals surface area contributed by atoms with Gasteiger partial charge in [0.05, 0.1) is 7.11 Å². The van der Waals surface area contributed by atoms with E-state index in [1.54, 1.807) is 18.9 Å². The number of carbonyl (C=O) groups is 2. The monoisotopic (exact) mass is 319 g/mol. The van der Waals surface area contributed by atoms with Crippen molar-refractivity contribution in [3.8, 4) is 5.75 Å². The van der Waals surface area contributed by atoms with Crippen molar-refractivity contribution in [3.63, 3.8) is 0 Å². The number of nitrogens with zero attached hydrogens (tertiary/aromatic N) is 1. The number of carbonyl (C=O) groups excluding carboxylic acids is 1. The summed E-state index contributed by atoms with van der Waals surface area (Å²) in [5.41, 5.74) is 0.0211. The molecular formula is C18H25NO4. The highest BCUT2D eigenvalue weighted by atomic mass is 16.5. The van der Waals surface area contributed by atoms with Crippen molar-refractivity contribution >= 4 is 11.9 Å². The smallest absolute Gasteiger partial charge is 0.329 e. The Labute approximate surface area is 137 Å². The topological polar surface area (TPSA) is 66.8 Å². The van der Waals surface area contributed by atoms with E-state index in [1.165, 1.54) is 0 Å². The number of ether oxygens (including phenoxy) is 1. The van der Waals surface area contributed by atoms with Gasteiger partial charge in [0.2, 0.25) is 5.91 Å². The summed E-state index contributed by atoms with van der Waals surface area (Å²) in [6, 6.07) is 7.72. The number of aliphatic carboxylic acids is 1. The Balaban J connectivity index is 2.11. The van der Waals surface area contributed by atoms with Gasteiger partial charge in [0.1, 0.15) is 11.3 Å². The van der Waals surface area contributed by atoms with Crippen LogP contribution in [0.25, 0.3) is 0 Å². The second-order valence-corrected chi connectivity index (χ2v) is 6.31. The Kier molecular flexibility index (Phi) is 5.29. The van der Waals surface area contributed by atoms with Gasteiger partial charge in [0, 0.05) is 13.0 Å². The van der Waals surface area contributed by atoms with Crippen LogP contribution < -0.4 is 4.74 Å². The van der Waals surface area contributed by atoms with E-state index in [0.717, 1.165) is 24.2 Å². The minimum absolute atomic E-state index is 0.0740. The maximum atomic E-state index is 12.7. The first kappa shape index (κ1) is 17.3. The highest BCUT2D eigenvalue weighted by Crippen LogP contribution is 2.33. The van der Waals surface area contributed by atoms with E-state index in [2.05, 4.69) is 0 Å². The van der Waals surface area contributed by atoms with Crippen LogP contribution in [-0.4, -0.2) is 41.1 Å². The Morgan fingerprint density at radius 2 is 2.00 bits per heavy atom. The lowest BCUT2D eigenvalue weighted by molar-refractivity contribution is -0.155. The molecule has 2 rings (SSSR count). The summed E-state index contributed by atoms with van der Waals surface area (Å²) in [6.07, 6.45) is 2.43. The molecule has 0 spiro atoms. The van der Waals surface area contributed by atoms with E-state index in [4.69, 9.17) is 4.74 Å². The first-order valence-corrected chi connectivity index (χ1v) is 8.10. The van der Waals surface area contributed by atoms with Gasteiger partial charge in [-0.15, -0.1) is 0 Å². The van der Waals surface area contributed by atoms with Crippen molar-refractivity contribution in [1.29, 1.82) is 0 Å². The van der Waals surface area contributed by atoms with Gasteiger partial charge in [-0.2, -0.15) is 0 Å². The quantitative estimate of drug-likeness (QED) is 0.875. The average Bonchev–Trinajstić information content (AvgIpc) is 2.96. The number of benzene rings is 1. The van der Waals surface area contributed by atoms with Crippen molar-refractivity contribution in [2.24, 2.45) is 0 Å². The lowest BCUT2D eigenvalue weighted by Crippen LogP contribution is -2.51. The van der Waals surface area contributed by atoms with Crippen LogP contribution in [0.2, 0.25) is 0 Å². The highest BCUT2D eigenvalue weighted by Gasteiger charge is 2.45. The largest absolute Gasteiger partial charge is 0.497 e. The van der Waals surface area contributed by atoms with E-state index in [-0.39, 0.29) is 11.8 Å². The van der Waals surface area contributed by atoms with Crippen LogP contribution in [0.1, 0.15) is 51.0 Å². The maximum absolute atomic E-state index is 12.7. The molecule has 1 saturated heterocycles. The fraction of sp³-hybridized carbons (Fsp3) is 0.556. The van der Waals surface area contributed by atoms with E-state index in [1.807, 2.05) is 31.2 Å². The minimum Gasteiger partial charge on any atom is -0.497 e. The van der Waals surface area contributed by atoms with Crippen LogP contribution >= 0.6 is 0 Å². The Morgan fingerprint density at radius 1 is 1.35 bits per heavy atom. The van der Waals surface area contributed by atoms with Gasteiger partial charge in [-0.1, -0.05) is 19.1 Å². The SMILES string of the molecule is CCC(CC(=O)N1CCCC1(C)C(=O)O)c1ccc(OC)cc1. The number of methoxy groups -OCH3 is 1. The van der Waals surface area contributed by atoms with Crippen LogP contribution in [0.3, 0.4) is 0 Å². The fourth-order valence-corrected chi connectivity index (χ4v) is 3.28. The summed E-state index contributed by atoms with van der Waals surface area (Å²) in [5, 5.41) is 9.45. The molecule has 5 nitrogen and oxygen atoms in total. The molecule has 2 unspecified atom stereocenters. The normalized spacial score (nSPS) is 22.0. The summed E-state index contributed by atoms with van der Waals surface area (Å²) in [5.74, 6) is -0.115. The molecule has 2 atom stereocenters. The zero-order chi connectivity index (χ0) is 17.0. The Hall–Kier alpha value is -2.04. The summed E-state index contributed by atoms with van der Waals surface area (Å²) in [4.78, 5) is 25.7. The number of rotatable bonds is 6. The highest BCUT2D eigenvalue weighted by molar-refractivity contribution is 5.87. The lowest BCUT2D eigenvalue weighted by atomic mass is 9.91. The van der Waals surface area contributed by atoms with Crippen molar-refractivity contribution in [2.75, 3.05) is 13.7 Å². The number of hydrogen-bond acceptors (Lipinski definition) is 3. The summed E-state index contributed by atoms with van der Waals surface area (Å²) in [6.45, 7) is 4.22. The molecule has 1 fully saturated rings. The summed E-state index contributed by atoms with van der Waals surface area (Å²) >= 11 is 0. The maximum Gasteiger partial charge on any atom is 0.329 e. The van der Waals surface area contributed by atoms with Gasteiger partial charge in [0.25, 0.3) is 0 Å². The zero-order valence-electron chi connectivity index (χ0n) is 14.0. The van der Waals surface area contributed by atoms with Crippen LogP contribution in [0, 0.1) is 0 Å². The molecule has 1 aliphatic rings. The lowest BCUT2D eigenvalue weighted by Gasteiger charge is -2.32. The molecule has 1 amide bonds. The van der Waals surface area contributed by atoms with Crippen molar-refractivity contribution in [3.05, 3.63) is 29.8 Å². The fourth-order valence-electron chi connectivity index (χ4n) is 3.28. The average molecular weight is 319 g/mol. The number of amides is 1. The molecule has 1 aliphatic heterocycles. The second kappa shape index (κ2) is 7.02. The molecule has 5 heteroatoms. The van der Waals surface area contributed by atoms with Gasteiger partial charge in [-0.3, -0.25) is 4.79 Å². The molecular weight excluding hydrogens is 294 g/mol. The van der Waals surface area contributed by atoms with Crippen molar-refractivity contribution in [1.82, 2.24) is 4.90 Å². The standard InChI is InChI=1S/C18H25NO4/c1-4-13(14-6-8-15(23-3)9-7-14)12-16(20)19-11-5-10-18(19,2)17(21)22/h6-9,13H,4-5,10-12H2,1-3H3,(H,21,22). The Bertz CT molecular complexity index is 569. The molecule has 1 aromatic carbocycles. The third kappa shape index (κ3) is 3.49. The molecule has 0 bridgehead atoms. The zero-order valence-corrected chi connectivity index (χ0v) is 14.0. The van der Waals surface area contributed by atoms with E-state index in [9.17, 15) is 14.7 Å². The first-order chi connectivity index (χ1) is 10.9. The summed E-state index contributed by atoms with van der Waals surface area (Å²) < 4.78 is 5.16. The minimum atomic E-state index is -1.06. The van der Waals surface area contributed by atoms with Crippen molar-refractivity contribution < 1.29 is 19.4 Å². The Morgan fingerprint density at radius 3 is 2.52 bits per heavy atom. The van der Waals surface area contributed by atoms with Gasteiger partial charge in [0.15, 0.2) is 0 Å². The molecule has 0 aliphatic carbocycles. The molecule has 1 heterocycles. The van der Waals surface area contributed by atoms with E-state index in [0.29, 0.717) is 19.4 Å². The third-order valence-electron chi connectivity index (χ3n) is 4.90. The number of carboxylic acid groups (broad SMARTS) is 1. The predicted molar refractivity (Wildman–Crippen MR) is 87.6 cm³/mol. The predicted octanol–water partition coefficient (Wildman–Crippen LogP) is 3.04. The summed E-state index contributed by atoms with van der Waals surface area (Å²) in [7, 11) is 1.62. The molecule has 1 N–H and O–H groups in total.